The van der Waals surface area contributed by atoms with Gasteiger partial charge in [0.25, 0.3) is 0 Å². The maximum Gasteiger partial charge on any atom is 0.156 e. The molecule has 0 atom stereocenters. The van der Waals surface area contributed by atoms with Crippen molar-refractivity contribution >= 4 is 16.6 Å². The fourth-order valence-electron chi connectivity index (χ4n) is 2.30. The van der Waals surface area contributed by atoms with Gasteiger partial charge in [0.15, 0.2) is 5.82 Å². The first-order valence-corrected chi connectivity index (χ1v) is 6.85. The maximum atomic E-state index is 5.50. The molecule has 106 valence electrons. The number of nitrogens with one attached hydrogen (secondary N) is 1. The minimum Gasteiger partial charge on any atom is -0.492 e. The zero-order chi connectivity index (χ0) is 14.7. The average Bonchev–Trinajstić information content (AvgIpc) is 2.54. The van der Waals surface area contributed by atoms with Crippen LogP contribution < -0.4 is 10.1 Å². The minimum atomic E-state index is 0.607. The van der Waals surface area contributed by atoms with Crippen LogP contribution in [0.15, 0.2) is 42.7 Å². The summed E-state index contributed by atoms with van der Waals surface area (Å²) in [5, 5.41) is 13.7. The molecule has 1 aromatic carbocycles. The van der Waals surface area contributed by atoms with Crippen LogP contribution >= 0.6 is 0 Å². The summed E-state index contributed by atoms with van der Waals surface area (Å²) in [6.07, 6.45) is 3.47. The molecular formula is C16H16N4O. The van der Waals surface area contributed by atoms with E-state index in [1.165, 1.54) is 0 Å². The molecule has 0 aliphatic carbocycles. The summed E-state index contributed by atoms with van der Waals surface area (Å²) in [6, 6.07) is 9.98. The highest BCUT2D eigenvalue weighted by atomic mass is 16.5. The van der Waals surface area contributed by atoms with Crippen LogP contribution in [0.5, 0.6) is 5.75 Å². The van der Waals surface area contributed by atoms with Crippen molar-refractivity contribution in [2.24, 2.45) is 0 Å². The summed E-state index contributed by atoms with van der Waals surface area (Å²) >= 11 is 0. The van der Waals surface area contributed by atoms with Gasteiger partial charge in [-0.1, -0.05) is 24.3 Å². The number of fused-ring (bicyclic) bond motifs is 1. The molecule has 5 nitrogen and oxygen atoms in total. The minimum absolute atomic E-state index is 0.607. The van der Waals surface area contributed by atoms with Gasteiger partial charge in [0.05, 0.1) is 12.8 Å². The first kappa shape index (κ1) is 13.3. The Bertz CT molecular complexity index is 773. The lowest BCUT2D eigenvalue weighted by Crippen LogP contribution is -1.99. The first-order valence-electron chi connectivity index (χ1n) is 6.85. The van der Waals surface area contributed by atoms with E-state index in [4.69, 9.17) is 4.74 Å². The zero-order valence-electron chi connectivity index (χ0n) is 12.0. The second-order valence-electron chi connectivity index (χ2n) is 4.54. The Morgan fingerprint density at radius 2 is 1.90 bits per heavy atom. The molecular weight excluding hydrogens is 264 g/mol. The molecule has 0 spiro atoms. The third-order valence-electron chi connectivity index (χ3n) is 3.22. The Hall–Kier alpha value is -2.69. The topological polar surface area (TPSA) is 59.9 Å². The molecule has 0 unspecified atom stereocenters. The third kappa shape index (κ3) is 2.50. The first-order chi connectivity index (χ1) is 10.3. The second-order valence-corrected chi connectivity index (χ2v) is 4.54. The molecule has 0 aliphatic heterocycles. The lowest BCUT2D eigenvalue weighted by molar-refractivity contribution is 0.339. The van der Waals surface area contributed by atoms with Crippen LogP contribution in [0.1, 0.15) is 6.92 Å². The summed E-state index contributed by atoms with van der Waals surface area (Å²) in [4.78, 5) is 4.22. The van der Waals surface area contributed by atoms with E-state index in [9.17, 15) is 0 Å². The molecule has 0 amide bonds. The van der Waals surface area contributed by atoms with E-state index in [1.54, 1.807) is 12.4 Å². The fraction of sp³-hybridized carbons (Fsp3) is 0.188. The Balaban J connectivity index is 2.19. The van der Waals surface area contributed by atoms with Gasteiger partial charge in [-0.05, 0) is 13.0 Å². The van der Waals surface area contributed by atoms with Gasteiger partial charge in [-0.25, -0.2) is 0 Å². The maximum absolute atomic E-state index is 5.50. The van der Waals surface area contributed by atoms with E-state index in [2.05, 4.69) is 20.5 Å². The van der Waals surface area contributed by atoms with Gasteiger partial charge in [-0.3, -0.25) is 4.98 Å². The average molecular weight is 280 g/mol. The number of anilines is 1. The van der Waals surface area contributed by atoms with Crippen molar-refractivity contribution in [3.63, 3.8) is 0 Å². The van der Waals surface area contributed by atoms with E-state index < -0.39 is 0 Å². The lowest BCUT2D eigenvalue weighted by Gasteiger charge is -2.09. The summed E-state index contributed by atoms with van der Waals surface area (Å²) in [6.45, 7) is 2.56. The molecule has 0 saturated heterocycles. The Morgan fingerprint density at radius 3 is 2.67 bits per heavy atom. The van der Waals surface area contributed by atoms with Gasteiger partial charge in [0.2, 0.25) is 0 Å². The SMILES string of the molecule is CCOc1cncc(-c2nnc(NC)c3ccccc23)c1. The normalized spacial score (nSPS) is 10.6. The molecule has 1 N–H and O–H groups in total. The summed E-state index contributed by atoms with van der Waals surface area (Å²) < 4.78 is 5.50. The Labute approximate surface area is 123 Å². The van der Waals surface area contributed by atoms with Crippen molar-refractivity contribution in [1.29, 1.82) is 0 Å². The van der Waals surface area contributed by atoms with E-state index in [0.29, 0.717) is 6.61 Å². The number of hydrogen-bond acceptors (Lipinski definition) is 5. The van der Waals surface area contributed by atoms with Gasteiger partial charge < -0.3 is 10.1 Å². The molecule has 5 heteroatoms. The quantitative estimate of drug-likeness (QED) is 0.795. The molecule has 0 bridgehead atoms. The number of aromatic nitrogens is 3. The standard InChI is InChI=1S/C16H16N4O/c1-3-21-12-8-11(9-18-10-12)15-13-6-4-5-7-14(13)16(17-2)20-19-15/h4-10H,3H2,1-2H3,(H,17,20). The summed E-state index contributed by atoms with van der Waals surface area (Å²) in [5.41, 5.74) is 1.70. The van der Waals surface area contributed by atoms with Crippen LogP contribution in [-0.4, -0.2) is 28.8 Å². The molecule has 21 heavy (non-hydrogen) atoms. The van der Waals surface area contributed by atoms with Crippen molar-refractivity contribution < 1.29 is 4.74 Å². The predicted molar refractivity (Wildman–Crippen MR) is 83.5 cm³/mol. The zero-order valence-corrected chi connectivity index (χ0v) is 12.0. The molecule has 3 rings (SSSR count). The second kappa shape index (κ2) is 5.75. The molecule has 2 heterocycles. The molecule has 0 radical (unpaired) electrons. The molecule has 3 aromatic rings. The third-order valence-corrected chi connectivity index (χ3v) is 3.22. The van der Waals surface area contributed by atoms with Crippen LogP contribution in [0.2, 0.25) is 0 Å². The van der Waals surface area contributed by atoms with E-state index in [1.807, 2.05) is 44.3 Å². The smallest absolute Gasteiger partial charge is 0.156 e. The number of hydrogen-bond donors (Lipinski definition) is 1. The van der Waals surface area contributed by atoms with Gasteiger partial charge in [0, 0.05) is 29.6 Å². The number of nitrogens with zero attached hydrogens (tertiary/aromatic N) is 3. The van der Waals surface area contributed by atoms with Gasteiger partial charge in [-0.15, -0.1) is 10.2 Å². The van der Waals surface area contributed by atoms with Crippen molar-refractivity contribution in [1.82, 2.24) is 15.2 Å². The fourth-order valence-corrected chi connectivity index (χ4v) is 2.30. The molecule has 0 aliphatic rings. The van der Waals surface area contributed by atoms with Gasteiger partial charge in [0.1, 0.15) is 11.4 Å². The van der Waals surface area contributed by atoms with Crippen molar-refractivity contribution in [2.45, 2.75) is 6.92 Å². The van der Waals surface area contributed by atoms with Gasteiger partial charge in [-0.2, -0.15) is 0 Å². The van der Waals surface area contributed by atoms with E-state index in [0.717, 1.165) is 33.6 Å². The number of benzene rings is 1. The summed E-state index contributed by atoms with van der Waals surface area (Å²) in [5.74, 6) is 1.50. The van der Waals surface area contributed by atoms with Crippen LogP contribution in [0.25, 0.3) is 22.0 Å². The van der Waals surface area contributed by atoms with Gasteiger partial charge >= 0.3 is 0 Å². The Kier molecular flexibility index (Phi) is 3.64. The van der Waals surface area contributed by atoms with Crippen LogP contribution in [0.3, 0.4) is 0 Å². The largest absolute Gasteiger partial charge is 0.492 e. The summed E-state index contributed by atoms with van der Waals surface area (Å²) in [7, 11) is 1.84. The van der Waals surface area contributed by atoms with E-state index in [-0.39, 0.29) is 0 Å². The lowest BCUT2D eigenvalue weighted by atomic mass is 10.1. The Morgan fingerprint density at radius 1 is 1.10 bits per heavy atom. The highest BCUT2D eigenvalue weighted by Gasteiger charge is 2.11. The van der Waals surface area contributed by atoms with Crippen molar-refractivity contribution in [3.8, 4) is 17.0 Å². The highest BCUT2D eigenvalue weighted by molar-refractivity contribution is 5.99. The predicted octanol–water partition coefficient (Wildman–Crippen LogP) is 3.13. The number of rotatable bonds is 4. The van der Waals surface area contributed by atoms with Crippen LogP contribution in [0.4, 0.5) is 5.82 Å². The van der Waals surface area contributed by atoms with Crippen molar-refractivity contribution in [2.75, 3.05) is 19.0 Å². The molecule has 0 fully saturated rings. The number of ether oxygens (including phenoxy) is 1. The van der Waals surface area contributed by atoms with E-state index >= 15 is 0 Å². The molecule has 0 saturated carbocycles. The van der Waals surface area contributed by atoms with Crippen molar-refractivity contribution in [3.05, 3.63) is 42.7 Å². The van der Waals surface area contributed by atoms with Crippen LogP contribution in [-0.2, 0) is 0 Å². The van der Waals surface area contributed by atoms with Crippen LogP contribution in [0, 0.1) is 0 Å². The molecule has 2 aromatic heterocycles. The number of pyridine rings is 1. The monoisotopic (exact) mass is 280 g/mol. The highest BCUT2D eigenvalue weighted by Crippen LogP contribution is 2.30.